The summed E-state index contributed by atoms with van der Waals surface area (Å²) in [5, 5.41) is 17.3. The Morgan fingerprint density at radius 3 is 2.44 bits per heavy atom. The van der Waals surface area contributed by atoms with E-state index in [0.717, 1.165) is 32.2 Å². The first kappa shape index (κ1) is 25.0. The topological polar surface area (TPSA) is 73.8 Å². The SMILES string of the molecule is CNC[C@@H](NC(=O)N1CCC[C@@H](C(OC(C)C)c2ccccc2)C1)[C@H](O)C1CCCCC1. The predicted molar refractivity (Wildman–Crippen MR) is 129 cm³/mol. The van der Waals surface area contributed by atoms with Crippen LogP contribution in [0.2, 0.25) is 0 Å². The van der Waals surface area contributed by atoms with Crippen LogP contribution in [-0.4, -0.2) is 61.0 Å². The van der Waals surface area contributed by atoms with Crippen LogP contribution < -0.4 is 10.6 Å². The number of carbonyl (C=O) groups is 1. The first-order chi connectivity index (χ1) is 15.5. The molecule has 1 unspecified atom stereocenters. The van der Waals surface area contributed by atoms with Gasteiger partial charge in [-0.2, -0.15) is 0 Å². The number of hydrogen-bond donors (Lipinski definition) is 3. The number of nitrogens with zero attached hydrogens (tertiary/aromatic N) is 1. The van der Waals surface area contributed by atoms with Crippen molar-refractivity contribution in [2.24, 2.45) is 11.8 Å². The quantitative estimate of drug-likeness (QED) is 0.535. The van der Waals surface area contributed by atoms with Crippen molar-refractivity contribution >= 4 is 6.03 Å². The summed E-state index contributed by atoms with van der Waals surface area (Å²) in [5.74, 6) is 0.531. The van der Waals surface area contributed by atoms with E-state index < -0.39 is 6.10 Å². The second-order valence-electron chi connectivity index (χ2n) is 9.87. The van der Waals surface area contributed by atoms with Crippen molar-refractivity contribution in [1.29, 1.82) is 0 Å². The summed E-state index contributed by atoms with van der Waals surface area (Å²) in [4.78, 5) is 15.2. The van der Waals surface area contributed by atoms with Crippen molar-refractivity contribution in [2.45, 2.75) is 83.1 Å². The van der Waals surface area contributed by atoms with E-state index in [1.54, 1.807) is 0 Å². The molecule has 6 heteroatoms. The fourth-order valence-electron chi connectivity index (χ4n) is 5.37. The molecule has 180 valence electrons. The fraction of sp³-hybridized carbons (Fsp3) is 0.731. The Balaban J connectivity index is 1.65. The number of hydrogen-bond acceptors (Lipinski definition) is 4. The van der Waals surface area contributed by atoms with Gasteiger partial charge >= 0.3 is 6.03 Å². The van der Waals surface area contributed by atoms with Crippen molar-refractivity contribution in [3.05, 3.63) is 35.9 Å². The normalized spacial score (nSPS) is 23.0. The predicted octanol–water partition coefficient (Wildman–Crippen LogP) is 4.10. The highest BCUT2D eigenvalue weighted by Crippen LogP contribution is 2.34. The number of aliphatic hydroxyl groups is 1. The highest BCUT2D eigenvalue weighted by molar-refractivity contribution is 5.74. The number of likely N-dealkylation sites (N-methyl/N-ethyl adjacent to an activating group) is 1. The molecule has 0 bridgehead atoms. The number of urea groups is 1. The third-order valence-electron chi connectivity index (χ3n) is 7.00. The van der Waals surface area contributed by atoms with Gasteiger partial charge in [-0.3, -0.25) is 0 Å². The number of benzene rings is 1. The minimum absolute atomic E-state index is 0.0206. The second kappa shape index (κ2) is 12.6. The third-order valence-corrected chi connectivity index (χ3v) is 7.00. The smallest absolute Gasteiger partial charge is 0.317 e. The summed E-state index contributed by atoms with van der Waals surface area (Å²) in [5.41, 5.74) is 1.18. The van der Waals surface area contributed by atoms with Crippen LogP contribution in [0.5, 0.6) is 0 Å². The number of rotatable bonds is 9. The molecule has 0 aromatic heterocycles. The van der Waals surface area contributed by atoms with Crippen molar-refractivity contribution in [1.82, 2.24) is 15.5 Å². The van der Waals surface area contributed by atoms with Gasteiger partial charge in [-0.05, 0) is 58.1 Å². The maximum Gasteiger partial charge on any atom is 0.317 e. The Bertz CT molecular complexity index is 678. The maximum atomic E-state index is 13.2. The average Bonchev–Trinajstić information content (AvgIpc) is 2.83. The number of carbonyl (C=O) groups excluding carboxylic acids is 1. The number of likely N-dealkylation sites (tertiary alicyclic amines) is 1. The van der Waals surface area contributed by atoms with Crippen LogP contribution in [0.15, 0.2) is 30.3 Å². The molecule has 3 rings (SSSR count). The molecule has 6 nitrogen and oxygen atoms in total. The van der Waals surface area contributed by atoms with Crippen LogP contribution in [0, 0.1) is 11.8 Å². The first-order valence-corrected chi connectivity index (χ1v) is 12.6. The van der Waals surface area contributed by atoms with Gasteiger partial charge in [0.2, 0.25) is 0 Å². The number of aliphatic hydroxyl groups excluding tert-OH is 1. The highest BCUT2D eigenvalue weighted by Gasteiger charge is 2.34. The number of piperidine rings is 1. The van der Waals surface area contributed by atoms with E-state index >= 15 is 0 Å². The van der Waals surface area contributed by atoms with Gasteiger partial charge in [0.1, 0.15) is 0 Å². The molecular formula is C26H43N3O3. The summed E-state index contributed by atoms with van der Waals surface area (Å²) in [6.45, 7) is 6.13. The molecule has 32 heavy (non-hydrogen) atoms. The third kappa shape index (κ3) is 6.93. The van der Waals surface area contributed by atoms with Gasteiger partial charge in [-0.1, -0.05) is 49.6 Å². The molecule has 1 saturated heterocycles. The van der Waals surface area contributed by atoms with Gasteiger partial charge in [0.15, 0.2) is 0 Å². The summed E-state index contributed by atoms with van der Waals surface area (Å²) < 4.78 is 6.33. The van der Waals surface area contributed by atoms with E-state index in [-0.39, 0.29) is 36.1 Å². The van der Waals surface area contributed by atoms with Crippen molar-refractivity contribution < 1.29 is 14.6 Å². The van der Waals surface area contributed by atoms with Gasteiger partial charge in [0.05, 0.1) is 24.4 Å². The Morgan fingerprint density at radius 1 is 1.09 bits per heavy atom. The van der Waals surface area contributed by atoms with Crippen LogP contribution in [0.25, 0.3) is 0 Å². The van der Waals surface area contributed by atoms with Crippen molar-refractivity contribution in [3.63, 3.8) is 0 Å². The van der Waals surface area contributed by atoms with Crippen molar-refractivity contribution in [2.75, 3.05) is 26.7 Å². The Morgan fingerprint density at radius 2 is 1.78 bits per heavy atom. The summed E-state index contributed by atoms with van der Waals surface area (Å²) in [6.07, 6.45) is 7.30. The van der Waals surface area contributed by atoms with Crippen LogP contribution in [0.4, 0.5) is 4.79 Å². The van der Waals surface area contributed by atoms with Gasteiger partial charge in [-0.15, -0.1) is 0 Å². The monoisotopic (exact) mass is 445 g/mol. The summed E-state index contributed by atoms with van der Waals surface area (Å²) in [6, 6.07) is 10.0. The summed E-state index contributed by atoms with van der Waals surface area (Å²) in [7, 11) is 1.87. The maximum absolute atomic E-state index is 13.2. The molecule has 1 aromatic carbocycles. The standard InChI is InChI=1S/C26H43N3O3/c1-19(2)32-25(21-13-8-5-9-14-21)22-15-10-16-29(18-22)26(31)28-23(17-27-3)24(30)20-11-6-4-7-12-20/h5,8-9,13-14,19-20,22-25,27,30H,4,6-7,10-12,15-18H2,1-3H3,(H,28,31)/t22-,23-,24-,25?/m1/s1. The van der Waals surface area contributed by atoms with Crippen LogP contribution in [0.1, 0.15) is 70.5 Å². The van der Waals surface area contributed by atoms with Gasteiger partial charge < -0.3 is 25.4 Å². The zero-order chi connectivity index (χ0) is 22.9. The average molecular weight is 446 g/mol. The molecule has 3 N–H and O–H groups in total. The number of nitrogens with one attached hydrogen (secondary N) is 2. The fourth-order valence-corrected chi connectivity index (χ4v) is 5.37. The first-order valence-electron chi connectivity index (χ1n) is 12.6. The minimum atomic E-state index is -0.506. The van der Waals surface area contributed by atoms with Crippen LogP contribution >= 0.6 is 0 Å². The van der Waals surface area contributed by atoms with E-state index in [9.17, 15) is 9.90 Å². The van der Waals surface area contributed by atoms with E-state index in [1.807, 2.05) is 30.1 Å². The molecule has 2 aliphatic rings. The van der Waals surface area contributed by atoms with Crippen LogP contribution in [-0.2, 0) is 4.74 Å². The van der Waals surface area contributed by atoms with Gasteiger partial charge in [0, 0.05) is 25.6 Å². The largest absolute Gasteiger partial charge is 0.391 e. The van der Waals surface area contributed by atoms with E-state index in [4.69, 9.17) is 4.74 Å². The molecule has 4 atom stereocenters. The molecule has 0 spiro atoms. The van der Waals surface area contributed by atoms with Crippen molar-refractivity contribution in [3.8, 4) is 0 Å². The molecule has 1 aliphatic heterocycles. The molecular weight excluding hydrogens is 402 g/mol. The van der Waals surface area contributed by atoms with Gasteiger partial charge in [0.25, 0.3) is 0 Å². The molecule has 2 amide bonds. The minimum Gasteiger partial charge on any atom is -0.391 e. The van der Waals surface area contributed by atoms with E-state index in [0.29, 0.717) is 13.1 Å². The molecule has 2 fully saturated rings. The second-order valence-corrected chi connectivity index (χ2v) is 9.87. The Labute approximate surface area is 194 Å². The van der Waals surface area contributed by atoms with E-state index in [2.05, 4.69) is 36.6 Å². The molecule has 1 aromatic rings. The van der Waals surface area contributed by atoms with E-state index in [1.165, 1.54) is 24.8 Å². The zero-order valence-corrected chi connectivity index (χ0v) is 20.1. The van der Waals surface area contributed by atoms with Crippen LogP contribution in [0.3, 0.4) is 0 Å². The Kier molecular flexibility index (Phi) is 9.82. The molecule has 0 radical (unpaired) electrons. The van der Waals surface area contributed by atoms with Gasteiger partial charge in [-0.25, -0.2) is 4.79 Å². The molecule has 1 saturated carbocycles. The lowest BCUT2D eigenvalue weighted by Gasteiger charge is -2.39. The highest BCUT2D eigenvalue weighted by atomic mass is 16.5. The number of amides is 2. The lowest BCUT2D eigenvalue weighted by atomic mass is 9.82. The Hall–Kier alpha value is -1.63. The molecule has 1 aliphatic carbocycles. The summed E-state index contributed by atoms with van der Waals surface area (Å²) >= 11 is 0. The zero-order valence-electron chi connectivity index (χ0n) is 20.1. The lowest BCUT2D eigenvalue weighted by Crippen LogP contribution is -2.56. The lowest BCUT2D eigenvalue weighted by molar-refractivity contribution is -0.0436. The molecule has 1 heterocycles. The number of ether oxygens (including phenoxy) is 1.